The Morgan fingerprint density at radius 3 is 1.70 bits per heavy atom. The molecule has 10 rings (SSSR count). The van der Waals surface area contributed by atoms with Crippen molar-refractivity contribution in [1.82, 2.24) is 4.98 Å². The van der Waals surface area contributed by atoms with Crippen molar-refractivity contribution in [1.29, 1.82) is 0 Å². The van der Waals surface area contributed by atoms with Gasteiger partial charge in [0.25, 0.3) is 0 Å². The van der Waals surface area contributed by atoms with Gasteiger partial charge in [-0.15, -0.1) is 0 Å². The van der Waals surface area contributed by atoms with Gasteiger partial charge in [0.15, 0.2) is 5.58 Å². The van der Waals surface area contributed by atoms with Crippen molar-refractivity contribution in [2.75, 3.05) is 0 Å². The van der Waals surface area contributed by atoms with Crippen LogP contribution in [0.15, 0.2) is 144 Å². The van der Waals surface area contributed by atoms with Gasteiger partial charge in [-0.25, -0.2) is 4.98 Å². The van der Waals surface area contributed by atoms with E-state index in [-0.39, 0.29) is 5.41 Å². The molecule has 8 aromatic carbocycles. The van der Waals surface area contributed by atoms with Gasteiger partial charge in [-0.1, -0.05) is 123 Å². The molecule has 0 atom stereocenters. The van der Waals surface area contributed by atoms with Crippen LogP contribution in [0.1, 0.15) is 25.0 Å². The van der Waals surface area contributed by atoms with E-state index >= 15 is 0 Å². The molecule has 1 aliphatic rings. The Morgan fingerprint density at radius 1 is 0.478 bits per heavy atom. The molecule has 0 radical (unpaired) electrons. The first-order valence-electron chi connectivity index (χ1n) is 16.0. The number of hydrogen-bond donors (Lipinski definition) is 0. The van der Waals surface area contributed by atoms with Crippen molar-refractivity contribution >= 4 is 43.4 Å². The Balaban J connectivity index is 1.12. The van der Waals surface area contributed by atoms with Crippen LogP contribution in [-0.2, 0) is 5.41 Å². The van der Waals surface area contributed by atoms with E-state index in [4.69, 9.17) is 9.40 Å². The minimum absolute atomic E-state index is 0.170. The predicted molar refractivity (Wildman–Crippen MR) is 192 cm³/mol. The third kappa shape index (κ3) is 3.50. The van der Waals surface area contributed by atoms with E-state index in [1.807, 2.05) is 24.3 Å². The van der Waals surface area contributed by atoms with Gasteiger partial charge in [0.1, 0.15) is 5.52 Å². The molecule has 2 nitrogen and oxygen atoms in total. The van der Waals surface area contributed by atoms with E-state index < -0.39 is 0 Å². The predicted octanol–water partition coefficient (Wildman–Crippen LogP) is 12.0. The van der Waals surface area contributed by atoms with Gasteiger partial charge < -0.3 is 4.42 Å². The molecule has 1 aliphatic carbocycles. The molecule has 2 heteroatoms. The molecule has 0 amide bonds. The Kier molecular flexibility index (Phi) is 5.09. The molecule has 0 N–H and O–H groups in total. The van der Waals surface area contributed by atoms with E-state index in [0.717, 1.165) is 16.7 Å². The Morgan fingerprint density at radius 2 is 1.02 bits per heavy atom. The van der Waals surface area contributed by atoms with Crippen LogP contribution in [0, 0.1) is 0 Å². The molecule has 46 heavy (non-hydrogen) atoms. The third-order valence-electron chi connectivity index (χ3n) is 10.3. The first-order valence-corrected chi connectivity index (χ1v) is 16.0. The molecule has 216 valence electrons. The molecular weight excluding hydrogens is 558 g/mol. The summed E-state index contributed by atoms with van der Waals surface area (Å²) < 4.78 is 6.15. The SMILES string of the molecule is CC1(C)c2cc(-c3nc4ccccc4o3)ccc2-c2ccc(-c3ccc4ccc5c(-c6ccccc6)ccc6ccc3c4c65)cc21. The zero-order valence-electron chi connectivity index (χ0n) is 25.6. The van der Waals surface area contributed by atoms with Gasteiger partial charge in [0.05, 0.1) is 0 Å². The average Bonchev–Trinajstić information content (AvgIpc) is 3.63. The summed E-state index contributed by atoms with van der Waals surface area (Å²) in [5, 5.41) is 7.86. The summed E-state index contributed by atoms with van der Waals surface area (Å²) in [4.78, 5) is 4.78. The zero-order valence-corrected chi connectivity index (χ0v) is 25.6. The zero-order chi connectivity index (χ0) is 30.6. The molecule has 0 aliphatic heterocycles. The smallest absolute Gasteiger partial charge is 0.227 e. The van der Waals surface area contributed by atoms with E-state index in [1.54, 1.807) is 0 Å². The molecule has 0 spiro atoms. The van der Waals surface area contributed by atoms with Crippen molar-refractivity contribution in [3.8, 4) is 44.8 Å². The van der Waals surface area contributed by atoms with Crippen molar-refractivity contribution in [3.05, 3.63) is 151 Å². The fraction of sp³-hybridized carbons (Fsp3) is 0.0682. The monoisotopic (exact) mass is 587 g/mol. The molecule has 1 aromatic heterocycles. The highest BCUT2D eigenvalue weighted by molar-refractivity contribution is 6.27. The minimum Gasteiger partial charge on any atom is -0.436 e. The van der Waals surface area contributed by atoms with E-state index in [2.05, 4.69) is 129 Å². The molecule has 0 fully saturated rings. The Bertz CT molecular complexity index is 2630. The lowest BCUT2D eigenvalue weighted by molar-refractivity contribution is 0.618. The Labute approximate surface area is 266 Å². The third-order valence-corrected chi connectivity index (χ3v) is 10.3. The number of nitrogens with zero attached hydrogens (tertiary/aromatic N) is 1. The maximum absolute atomic E-state index is 6.15. The molecule has 0 saturated carbocycles. The summed E-state index contributed by atoms with van der Waals surface area (Å²) >= 11 is 0. The van der Waals surface area contributed by atoms with Crippen LogP contribution in [0.5, 0.6) is 0 Å². The highest BCUT2D eigenvalue weighted by Gasteiger charge is 2.36. The van der Waals surface area contributed by atoms with Gasteiger partial charge in [-0.3, -0.25) is 0 Å². The van der Waals surface area contributed by atoms with Crippen LogP contribution in [-0.4, -0.2) is 4.98 Å². The fourth-order valence-electron chi connectivity index (χ4n) is 7.96. The summed E-state index contributed by atoms with van der Waals surface area (Å²) in [5.41, 5.74) is 12.8. The molecule has 0 bridgehead atoms. The second-order valence-corrected chi connectivity index (χ2v) is 13.1. The van der Waals surface area contributed by atoms with Crippen molar-refractivity contribution < 1.29 is 4.42 Å². The molecular formula is C44H29NO. The molecule has 9 aromatic rings. The normalized spacial score (nSPS) is 13.6. The first kappa shape index (κ1) is 25.6. The number of benzene rings is 8. The summed E-state index contributed by atoms with van der Waals surface area (Å²) in [6.07, 6.45) is 0. The van der Waals surface area contributed by atoms with E-state index in [0.29, 0.717) is 5.89 Å². The standard InChI is InChI=1S/C44H29NO/c1-44(2)37-24-29(16-20-33(37)34-21-17-30(25-38(34)44)43-45-39-10-6-7-11-40(39)46-43)32-19-13-28-14-22-35-31(26-8-4-3-5-9-26)18-12-27-15-23-36(32)42(28)41(27)35/h3-25H,1-2H3. The van der Waals surface area contributed by atoms with Crippen LogP contribution in [0.2, 0.25) is 0 Å². The lowest BCUT2D eigenvalue weighted by Crippen LogP contribution is -2.15. The van der Waals surface area contributed by atoms with Crippen LogP contribution in [0.4, 0.5) is 0 Å². The fourth-order valence-corrected chi connectivity index (χ4v) is 7.96. The maximum Gasteiger partial charge on any atom is 0.227 e. The van der Waals surface area contributed by atoms with Gasteiger partial charge >= 0.3 is 0 Å². The maximum atomic E-state index is 6.15. The topological polar surface area (TPSA) is 26.0 Å². The van der Waals surface area contributed by atoms with E-state index in [9.17, 15) is 0 Å². The molecule has 1 heterocycles. The minimum atomic E-state index is -0.170. The van der Waals surface area contributed by atoms with Crippen LogP contribution >= 0.6 is 0 Å². The van der Waals surface area contributed by atoms with E-state index in [1.165, 1.54) is 76.8 Å². The second-order valence-electron chi connectivity index (χ2n) is 13.1. The summed E-state index contributed by atoms with van der Waals surface area (Å²) in [6.45, 7) is 4.68. The molecule has 0 saturated heterocycles. The first-order chi connectivity index (χ1) is 22.5. The van der Waals surface area contributed by atoms with Crippen LogP contribution in [0.3, 0.4) is 0 Å². The average molecular weight is 588 g/mol. The lowest BCUT2D eigenvalue weighted by atomic mass is 9.80. The van der Waals surface area contributed by atoms with Crippen LogP contribution < -0.4 is 0 Å². The number of para-hydroxylation sites is 2. The summed E-state index contributed by atoms with van der Waals surface area (Å²) in [5.74, 6) is 0.667. The van der Waals surface area contributed by atoms with Crippen molar-refractivity contribution in [3.63, 3.8) is 0 Å². The number of aromatic nitrogens is 1. The quantitative estimate of drug-likeness (QED) is 0.192. The number of oxazole rings is 1. The highest BCUT2D eigenvalue weighted by atomic mass is 16.3. The lowest BCUT2D eigenvalue weighted by Gasteiger charge is -2.23. The largest absolute Gasteiger partial charge is 0.436 e. The molecule has 0 unspecified atom stereocenters. The van der Waals surface area contributed by atoms with Gasteiger partial charge in [0, 0.05) is 11.0 Å². The summed E-state index contributed by atoms with van der Waals surface area (Å²) in [6, 6.07) is 50.8. The van der Waals surface area contributed by atoms with Gasteiger partial charge in [-0.05, 0) is 107 Å². The second kappa shape index (κ2) is 9.15. The number of hydrogen-bond acceptors (Lipinski definition) is 2. The van der Waals surface area contributed by atoms with Crippen molar-refractivity contribution in [2.24, 2.45) is 0 Å². The number of rotatable bonds is 3. The number of fused-ring (bicyclic) bond motifs is 4. The van der Waals surface area contributed by atoms with Crippen LogP contribution in [0.25, 0.3) is 88.3 Å². The highest BCUT2D eigenvalue weighted by Crippen LogP contribution is 2.51. The Hall–Kier alpha value is -5.73. The van der Waals surface area contributed by atoms with Gasteiger partial charge in [-0.2, -0.15) is 0 Å². The van der Waals surface area contributed by atoms with Gasteiger partial charge in [0.2, 0.25) is 5.89 Å². The summed E-state index contributed by atoms with van der Waals surface area (Å²) in [7, 11) is 0. The van der Waals surface area contributed by atoms with Crippen molar-refractivity contribution in [2.45, 2.75) is 19.3 Å².